The number of nitrogens with two attached hydrogens (primary N) is 1. The minimum atomic E-state index is -0.738. The maximum absolute atomic E-state index is 11.8. The third-order valence-electron chi connectivity index (χ3n) is 2.49. The molecule has 1 rings (SSSR count). The highest BCUT2D eigenvalue weighted by molar-refractivity contribution is 6.30. The lowest BCUT2D eigenvalue weighted by atomic mass is 10.1. The summed E-state index contributed by atoms with van der Waals surface area (Å²) in [5.74, 6) is 0. The summed E-state index contributed by atoms with van der Waals surface area (Å²) in [5.41, 5.74) is 5.00. The molecule has 0 fully saturated rings. The molecule has 0 radical (unpaired) electrons. The molecule has 0 bridgehead atoms. The Morgan fingerprint density at radius 3 is 2.62 bits per heavy atom. The van der Waals surface area contributed by atoms with Crippen LogP contribution in [0.3, 0.4) is 0 Å². The molecule has 21 heavy (non-hydrogen) atoms. The summed E-state index contributed by atoms with van der Waals surface area (Å²) in [6, 6.07) is 3.45. The molecule has 0 saturated heterocycles. The zero-order chi connectivity index (χ0) is 16.2. The fraction of sp³-hybridized carbons (Fsp3) is 0.462. The van der Waals surface area contributed by atoms with Crippen molar-refractivity contribution in [1.29, 1.82) is 0 Å². The number of hydrogen-bond acceptors (Lipinski definition) is 5. The van der Waals surface area contributed by atoms with Crippen LogP contribution in [0.5, 0.6) is 0 Å². The summed E-state index contributed by atoms with van der Waals surface area (Å²) < 4.78 is 5.11. The van der Waals surface area contributed by atoms with Crippen LogP contribution in [0.4, 0.5) is 10.5 Å². The van der Waals surface area contributed by atoms with Gasteiger partial charge in [0.15, 0.2) is 0 Å². The van der Waals surface area contributed by atoms with Crippen molar-refractivity contribution in [3.05, 3.63) is 38.9 Å². The number of hydrogen-bond donors (Lipinski definition) is 2. The maximum atomic E-state index is 11.8. The number of nitro benzene ring substituents is 1. The molecule has 1 atom stereocenters. The second-order valence-corrected chi connectivity index (χ2v) is 5.83. The molecule has 0 aliphatic carbocycles. The van der Waals surface area contributed by atoms with E-state index in [1.54, 1.807) is 20.8 Å². The molecule has 1 aromatic carbocycles. The summed E-state index contributed by atoms with van der Waals surface area (Å²) in [5, 5.41) is 13.8. The average molecular weight is 316 g/mol. The van der Waals surface area contributed by atoms with Crippen LogP contribution in [0, 0.1) is 10.1 Å². The van der Waals surface area contributed by atoms with Gasteiger partial charge in [0, 0.05) is 17.6 Å². The zero-order valence-electron chi connectivity index (χ0n) is 12.1. The van der Waals surface area contributed by atoms with Gasteiger partial charge in [-0.2, -0.15) is 0 Å². The van der Waals surface area contributed by atoms with Gasteiger partial charge < -0.3 is 15.8 Å². The van der Waals surface area contributed by atoms with Crippen LogP contribution in [0.15, 0.2) is 18.2 Å². The highest BCUT2D eigenvalue weighted by Crippen LogP contribution is 2.28. The molecule has 0 spiro atoms. The van der Waals surface area contributed by atoms with Gasteiger partial charge in [-0.1, -0.05) is 11.6 Å². The van der Waals surface area contributed by atoms with Crippen LogP contribution < -0.4 is 11.1 Å². The van der Waals surface area contributed by atoms with Gasteiger partial charge in [0.25, 0.3) is 5.69 Å². The van der Waals surface area contributed by atoms with Gasteiger partial charge in [-0.05, 0) is 32.9 Å². The van der Waals surface area contributed by atoms with E-state index < -0.39 is 22.7 Å². The number of amides is 1. The van der Waals surface area contributed by atoms with Crippen molar-refractivity contribution in [3.63, 3.8) is 0 Å². The van der Waals surface area contributed by atoms with E-state index >= 15 is 0 Å². The lowest BCUT2D eigenvalue weighted by Crippen LogP contribution is -2.38. The SMILES string of the molecule is CC(C)(C)OC(=O)NC(CN)c1ccc(Cl)cc1[N+](=O)[O-]. The highest BCUT2D eigenvalue weighted by Gasteiger charge is 2.25. The number of nitrogens with zero attached hydrogens (tertiary/aromatic N) is 1. The second-order valence-electron chi connectivity index (χ2n) is 5.39. The number of nitrogens with one attached hydrogen (secondary N) is 1. The fourth-order valence-electron chi connectivity index (χ4n) is 1.68. The summed E-state index contributed by atoms with van der Waals surface area (Å²) in [6.45, 7) is 5.14. The van der Waals surface area contributed by atoms with Gasteiger partial charge in [0.05, 0.1) is 16.5 Å². The number of benzene rings is 1. The lowest BCUT2D eigenvalue weighted by molar-refractivity contribution is -0.385. The third kappa shape index (κ3) is 5.20. The van der Waals surface area contributed by atoms with Crippen molar-refractivity contribution in [2.24, 2.45) is 5.73 Å². The Balaban J connectivity index is 3.00. The first-order valence-electron chi connectivity index (χ1n) is 6.27. The molecule has 0 saturated carbocycles. The number of alkyl carbamates (subject to hydrolysis) is 1. The molecule has 8 heteroatoms. The minimum absolute atomic E-state index is 0.0122. The molecule has 1 amide bonds. The molecule has 0 aromatic heterocycles. The van der Waals surface area contributed by atoms with Gasteiger partial charge in [0.1, 0.15) is 5.60 Å². The smallest absolute Gasteiger partial charge is 0.408 e. The molecule has 0 heterocycles. The van der Waals surface area contributed by atoms with Crippen LogP contribution in [-0.4, -0.2) is 23.2 Å². The number of nitro groups is 1. The number of carbonyl (C=O) groups is 1. The molecule has 1 aromatic rings. The van der Waals surface area contributed by atoms with Gasteiger partial charge in [-0.25, -0.2) is 4.79 Å². The number of ether oxygens (including phenoxy) is 1. The van der Waals surface area contributed by atoms with Crippen molar-refractivity contribution in [3.8, 4) is 0 Å². The van der Waals surface area contributed by atoms with Crippen LogP contribution in [-0.2, 0) is 4.74 Å². The standard InChI is InChI=1S/C13H18ClN3O4/c1-13(2,3)21-12(18)16-10(7-15)9-5-4-8(14)6-11(9)17(19)20/h4-6,10H,7,15H2,1-3H3,(H,16,18). The second kappa shape index (κ2) is 6.73. The van der Waals surface area contributed by atoms with Crippen molar-refractivity contribution in [2.75, 3.05) is 6.54 Å². The van der Waals surface area contributed by atoms with Crippen LogP contribution in [0.25, 0.3) is 0 Å². The Morgan fingerprint density at radius 2 is 2.14 bits per heavy atom. The number of halogens is 1. The summed E-state index contributed by atoms with van der Waals surface area (Å²) in [4.78, 5) is 22.3. The molecule has 0 aliphatic rings. The summed E-state index contributed by atoms with van der Waals surface area (Å²) in [6.07, 6.45) is -0.692. The van der Waals surface area contributed by atoms with E-state index in [9.17, 15) is 14.9 Å². The quantitative estimate of drug-likeness (QED) is 0.656. The van der Waals surface area contributed by atoms with Crippen molar-refractivity contribution >= 4 is 23.4 Å². The predicted molar refractivity (Wildman–Crippen MR) is 79.3 cm³/mol. The van der Waals surface area contributed by atoms with E-state index in [0.717, 1.165) is 0 Å². The maximum Gasteiger partial charge on any atom is 0.408 e. The molecule has 1 unspecified atom stereocenters. The molecule has 116 valence electrons. The third-order valence-corrected chi connectivity index (χ3v) is 2.73. The molecule has 7 nitrogen and oxygen atoms in total. The van der Waals surface area contributed by atoms with Gasteiger partial charge in [-0.3, -0.25) is 10.1 Å². The van der Waals surface area contributed by atoms with E-state index in [2.05, 4.69) is 5.32 Å². The van der Waals surface area contributed by atoms with Crippen LogP contribution in [0.1, 0.15) is 32.4 Å². The molecule has 3 N–H and O–H groups in total. The van der Waals surface area contributed by atoms with E-state index in [4.69, 9.17) is 22.1 Å². The summed E-state index contributed by atoms with van der Waals surface area (Å²) in [7, 11) is 0. The molecular weight excluding hydrogens is 298 g/mol. The Bertz CT molecular complexity index is 543. The van der Waals surface area contributed by atoms with Crippen LogP contribution in [0.2, 0.25) is 5.02 Å². The summed E-state index contributed by atoms with van der Waals surface area (Å²) >= 11 is 5.75. The average Bonchev–Trinajstić information content (AvgIpc) is 2.34. The van der Waals surface area contributed by atoms with E-state index in [0.29, 0.717) is 0 Å². The fourth-order valence-corrected chi connectivity index (χ4v) is 1.85. The van der Waals surface area contributed by atoms with E-state index in [1.165, 1.54) is 18.2 Å². The van der Waals surface area contributed by atoms with E-state index in [-0.39, 0.29) is 22.8 Å². The Morgan fingerprint density at radius 1 is 1.52 bits per heavy atom. The zero-order valence-corrected chi connectivity index (χ0v) is 12.8. The first kappa shape index (κ1) is 17.2. The van der Waals surface area contributed by atoms with Gasteiger partial charge in [0.2, 0.25) is 0 Å². The monoisotopic (exact) mass is 315 g/mol. The van der Waals surface area contributed by atoms with Gasteiger partial charge in [-0.15, -0.1) is 0 Å². The van der Waals surface area contributed by atoms with Crippen molar-refractivity contribution in [2.45, 2.75) is 32.4 Å². The van der Waals surface area contributed by atoms with Crippen LogP contribution >= 0.6 is 11.6 Å². The number of rotatable bonds is 4. The predicted octanol–water partition coefficient (Wildman–Crippen LogP) is 2.77. The lowest BCUT2D eigenvalue weighted by Gasteiger charge is -2.23. The topological polar surface area (TPSA) is 107 Å². The number of carbonyl (C=O) groups excluding carboxylic acids is 1. The van der Waals surface area contributed by atoms with Crippen molar-refractivity contribution in [1.82, 2.24) is 5.32 Å². The normalized spacial score (nSPS) is 12.6. The van der Waals surface area contributed by atoms with Gasteiger partial charge >= 0.3 is 6.09 Å². The van der Waals surface area contributed by atoms with E-state index in [1.807, 2.05) is 0 Å². The first-order valence-corrected chi connectivity index (χ1v) is 6.65. The Kier molecular flexibility index (Phi) is 5.51. The Labute approximate surface area is 127 Å². The molecule has 0 aliphatic heterocycles. The first-order chi connectivity index (χ1) is 9.64. The van der Waals surface area contributed by atoms with Crippen molar-refractivity contribution < 1.29 is 14.5 Å². The molecular formula is C13H18ClN3O4. The minimum Gasteiger partial charge on any atom is -0.444 e. The highest BCUT2D eigenvalue weighted by atomic mass is 35.5. The largest absolute Gasteiger partial charge is 0.444 e. The Hall–Kier alpha value is -1.86.